The largest absolute Gasteiger partial charge is 0.486 e. The van der Waals surface area contributed by atoms with Crippen LogP contribution in [0.25, 0.3) is 0 Å². The fraction of sp³-hybridized carbons (Fsp3) is 0.417. The topological polar surface area (TPSA) is 26.3 Å². The fourth-order valence-electron chi connectivity index (χ4n) is 0.932. The van der Waals surface area contributed by atoms with Crippen LogP contribution >= 0.6 is 11.6 Å². The number of ketones is 1. The van der Waals surface area contributed by atoms with Crippen LogP contribution in [-0.4, -0.2) is 12.4 Å². The molecule has 1 rings (SSSR count). The van der Waals surface area contributed by atoms with E-state index in [1.807, 2.05) is 0 Å². The number of carbonyl (C=O) groups excluding carboxylic acids is 1. The highest BCUT2D eigenvalue weighted by Crippen LogP contribution is 2.21. The molecule has 0 atom stereocenters. The van der Waals surface area contributed by atoms with E-state index < -0.39 is 11.2 Å². The van der Waals surface area contributed by atoms with Crippen molar-refractivity contribution in [2.75, 3.05) is 6.61 Å². The standard InChI is InChI=1S/C12H14ClFO2/c1-12(2,3)11(15)7-16-8-4-5-9(13)10(14)6-8/h4-6H,7H2,1-3H3. The number of carbonyl (C=O) groups is 1. The molecule has 0 bridgehead atoms. The number of hydrogen-bond acceptors (Lipinski definition) is 2. The highest BCUT2D eigenvalue weighted by molar-refractivity contribution is 6.30. The van der Waals surface area contributed by atoms with Gasteiger partial charge in [-0.3, -0.25) is 4.79 Å². The second-order valence-corrected chi connectivity index (χ2v) is 4.94. The number of rotatable bonds is 3. The monoisotopic (exact) mass is 244 g/mol. The number of ether oxygens (including phenoxy) is 1. The fourth-order valence-corrected chi connectivity index (χ4v) is 1.05. The maximum atomic E-state index is 13.0. The molecule has 2 nitrogen and oxygen atoms in total. The zero-order valence-corrected chi connectivity index (χ0v) is 10.3. The summed E-state index contributed by atoms with van der Waals surface area (Å²) in [5.74, 6) is -0.287. The van der Waals surface area contributed by atoms with E-state index in [9.17, 15) is 9.18 Å². The molecule has 0 aliphatic heterocycles. The lowest BCUT2D eigenvalue weighted by atomic mass is 9.91. The predicted octanol–water partition coefficient (Wildman–Crippen LogP) is 3.47. The summed E-state index contributed by atoms with van der Waals surface area (Å²) in [5.41, 5.74) is -0.453. The van der Waals surface area contributed by atoms with Crippen LogP contribution in [0.15, 0.2) is 18.2 Å². The van der Waals surface area contributed by atoms with Crippen molar-refractivity contribution in [3.63, 3.8) is 0 Å². The van der Waals surface area contributed by atoms with E-state index in [4.69, 9.17) is 16.3 Å². The minimum Gasteiger partial charge on any atom is -0.486 e. The van der Waals surface area contributed by atoms with Crippen LogP contribution in [0.5, 0.6) is 5.75 Å². The second kappa shape index (κ2) is 4.83. The van der Waals surface area contributed by atoms with E-state index in [1.165, 1.54) is 12.1 Å². The minimum absolute atomic E-state index is 0.0366. The van der Waals surface area contributed by atoms with Gasteiger partial charge >= 0.3 is 0 Å². The molecule has 1 aromatic carbocycles. The Morgan fingerprint density at radius 3 is 2.56 bits per heavy atom. The van der Waals surface area contributed by atoms with Crippen molar-refractivity contribution in [3.05, 3.63) is 29.0 Å². The lowest BCUT2D eigenvalue weighted by molar-refractivity contribution is -0.128. The third-order valence-electron chi connectivity index (χ3n) is 2.10. The molecule has 0 fully saturated rings. The van der Waals surface area contributed by atoms with Crippen molar-refractivity contribution in [2.24, 2.45) is 5.41 Å². The number of hydrogen-bond donors (Lipinski definition) is 0. The van der Waals surface area contributed by atoms with Gasteiger partial charge in [0, 0.05) is 11.5 Å². The first-order valence-corrected chi connectivity index (χ1v) is 5.29. The molecule has 0 radical (unpaired) electrons. The molecule has 4 heteroatoms. The molecule has 0 aliphatic rings. The molecule has 0 spiro atoms. The van der Waals surface area contributed by atoms with E-state index in [2.05, 4.69) is 0 Å². The summed E-state index contributed by atoms with van der Waals surface area (Å²) in [4.78, 5) is 11.5. The van der Waals surface area contributed by atoms with Crippen LogP contribution in [0.1, 0.15) is 20.8 Å². The van der Waals surface area contributed by atoms with Gasteiger partial charge in [-0.05, 0) is 12.1 Å². The highest BCUT2D eigenvalue weighted by atomic mass is 35.5. The van der Waals surface area contributed by atoms with Crippen molar-refractivity contribution in [2.45, 2.75) is 20.8 Å². The Kier molecular flexibility index (Phi) is 3.92. The zero-order valence-electron chi connectivity index (χ0n) is 9.51. The van der Waals surface area contributed by atoms with Crippen molar-refractivity contribution in [3.8, 4) is 5.75 Å². The number of benzene rings is 1. The smallest absolute Gasteiger partial charge is 0.175 e. The van der Waals surface area contributed by atoms with Gasteiger partial charge in [-0.1, -0.05) is 32.4 Å². The van der Waals surface area contributed by atoms with E-state index in [0.29, 0.717) is 5.75 Å². The molecule has 0 aliphatic carbocycles. The predicted molar refractivity (Wildman–Crippen MR) is 61.4 cm³/mol. The Morgan fingerprint density at radius 1 is 1.44 bits per heavy atom. The summed E-state index contributed by atoms with van der Waals surface area (Å²) in [5, 5.41) is 0.0366. The van der Waals surface area contributed by atoms with Crippen LogP contribution in [0.2, 0.25) is 5.02 Å². The van der Waals surface area contributed by atoms with E-state index in [-0.39, 0.29) is 17.4 Å². The summed E-state index contributed by atoms with van der Waals surface area (Å²) in [6.45, 7) is 5.36. The molecule has 0 saturated heterocycles. The average molecular weight is 245 g/mol. The average Bonchev–Trinajstić information content (AvgIpc) is 2.18. The van der Waals surface area contributed by atoms with E-state index in [1.54, 1.807) is 20.8 Å². The Balaban J connectivity index is 2.62. The van der Waals surface area contributed by atoms with Crippen LogP contribution in [0.3, 0.4) is 0 Å². The molecule has 0 N–H and O–H groups in total. The lowest BCUT2D eigenvalue weighted by Gasteiger charge is -2.16. The van der Waals surface area contributed by atoms with Crippen molar-refractivity contribution in [1.82, 2.24) is 0 Å². The maximum Gasteiger partial charge on any atom is 0.175 e. The van der Waals surface area contributed by atoms with Crippen LogP contribution in [0.4, 0.5) is 4.39 Å². The summed E-state index contributed by atoms with van der Waals surface area (Å²) >= 11 is 5.52. The Hall–Kier alpha value is -1.09. The van der Waals surface area contributed by atoms with Gasteiger partial charge in [-0.15, -0.1) is 0 Å². The quantitative estimate of drug-likeness (QED) is 0.814. The van der Waals surface area contributed by atoms with E-state index >= 15 is 0 Å². The Labute approximate surface area is 99.4 Å². The van der Waals surface area contributed by atoms with Gasteiger partial charge in [-0.25, -0.2) is 4.39 Å². The zero-order chi connectivity index (χ0) is 12.3. The van der Waals surface area contributed by atoms with Crippen LogP contribution in [-0.2, 0) is 4.79 Å². The summed E-state index contributed by atoms with van der Waals surface area (Å²) in [6.07, 6.45) is 0. The molecule has 88 valence electrons. The molecule has 0 aromatic heterocycles. The molecular weight excluding hydrogens is 231 g/mol. The summed E-state index contributed by atoms with van der Waals surface area (Å²) in [6, 6.07) is 4.09. The van der Waals surface area contributed by atoms with Gasteiger partial charge in [-0.2, -0.15) is 0 Å². The Bertz CT molecular complexity index is 396. The molecule has 1 aromatic rings. The maximum absolute atomic E-state index is 13.0. The summed E-state index contributed by atoms with van der Waals surface area (Å²) < 4.78 is 18.2. The van der Waals surface area contributed by atoms with Gasteiger partial charge in [0.2, 0.25) is 0 Å². The first-order valence-electron chi connectivity index (χ1n) is 4.92. The molecule has 0 amide bonds. The molecular formula is C12H14ClFO2. The van der Waals surface area contributed by atoms with Crippen molar-refractivity contribution in [1.29, 1.82) is 0 Å². The third-order valence-corrected chi connectivity index (χ3v) is 2.40. The molecule has 0 unspecified atom stereocenters. The molecule has 0 heterocycles. The van der Waals surface area contributed by atoms with Gasteiger partial charge < -0.3 is 4.74 Å². The number of halogens is 2. The number of Topliss-reactive ketones (excluding diaryl/α,β-unsaturated/α-hetero) is 1. The van der Waals surface area contributed by atoms with Gasteiger partial charge in [0.05, 0.1) is 5.02 Å². The first kappa shape index (κ1) is 13.0. The normalized spacial score (nSPS) is 11.3. The Morgan fingerprint density at radius 2 is 2.06 bits per heavy atom. The summed E-state index contributed by atoms with van der Waals surface area (Å²) in [7, 11) is 0. The van der Waals surface area contributed by atoms with Crippen LogP contribution < -0.4 is 4.74 Å². The minimum atomic E-state index is -0.553. The lowest BCUT2D eigenvalue weighted by Crippen LogP contribution is -2.26. The SMILES string of the molecule is CC(C)(C)C(=O)COc1ccc(Cl)c(F)c1. The highest BCUT2D eigenvalue weighted by Gasteiger charge is 2.21. The third kappa shape index (κ3) is 3.49. The molecule has 0 saturated carbocycles. The molecule has 16 heavy (non-hydrogen) atoms. The van der Waals surface area contributed by atoms with Gasteiger partial charge in [0.1, 0.15) is 18.2 Å². The van der Waals surface area contributed by atoms with Crippen LogP contribution in [0, 0.1) is 11.2 Å². The van der Waals surface area contributed by atoms with Crippen molar-refractivity contribution >= 4 is 17.4 Å². The van der Waals surface area contributed by atoms with Gasteiger partial charge in [0.25, 0.3) is 0 Å². The van der Waals surface area contributed by atoms with E-state index in [0.717, 1.165) is 6.07 Å². The van der Waals surface area contributed by atoms with Crippen molar-refractivity contribution < 1.29 is 13.9 Å². The second-order valence-electron chi connectivity index (χ2n) is 4.54. The first-order chi connectivity index (χ1) is 7.30. The van der Waals surface area contributed by atoms with Gasteiger partial charge in [0.15, 0.2) is 5.78 Å².